The lowest BCUT2D eigenvalue weighted by Crippen LogP contribution is -2.54. The SMILES string of the molecule is OCCNC(O)[C@H](O)[C@H](O)[C@H](O)[C@@H](O)CO. The third-order valence-electron chi connectivity index (χ3n) is 2.07. The van der Waals surface area contributed by atoms with Crippen LogP contribution >= 0.6 is 0 Å². The molecule has 0 saturated carbocycles. The third kappa shape index (κ3) is 4.68. The highest BCUT2D eigenvalue weighted by molar-refractivity contribution is 4.83. The lowest BCUT2D eigenvalue weighted by atomic mass is 10.0. The first-order chi connectivity index (χ1) is 7.45. The first kappa shape index (κ1) is 15.7. The Hall–Kier alpha value is -0.320. The van der Waals surface area contributed by atoms with Gasteiger partial charge in [-0.15, -0.1) is 0 Å². The van der Waals surface area contributed by atoms with Crippen molar-refractivity contribution in [2.24, 2.45) is 0 Å². The normalized spacial score (nSPS) is 21.2. The second kappa shape index (κ2) is 7.87. The molecule has 0 aromatic carbocycles. The molecule has 0 radical (unpaired) electrons. The predicted molar refractivity (Wildman–Crippen MR) is 52.2 cm³/mol. The summed E-state index contributed by atoms with van der Waals surface area (Å²) in [6, 6.07) is 0. The largest absolute Gasteiger partial charge is 0.395 e. The van der Waals surface area contributed by atoms with Crippen molar-refractivity contribution in [1.82, 2.24) is 5.32 Å². The van der Waals surface area contributed by atoms with E-state index in [-0.39, 0.29) is 13.2 Å². The van der Waals surface area contributed by atoms with Crippen LogP contribution < -0.4 is 5.32 Å². The molecule has 0 aliphatic carbocycles. The molecule has 0 spiro atoms. The minimum Gasteiger partial charge on any atom is -0.395 e. The van der Waals surface area contributed by atoms with Gasteiger partial charge in [-0.1, -0.05) is 0 Å². The first-order valence-electron chi connectivity index (χ1n) is 4.81. The number of aliphatic hydroxyl groups excluding tert-OH is 7. The van der Waals surface area contributed by atoms with Crippen molar-refractivity contribution in [3.8, 4) is 0 Å². The van der Waals surface area contributed by atoms with Gasteiger partial charge in [0.1, 0.15) is 30.6 Å². The zero-order valence-electron chi connectivity index (χ0n) is 8.64. The molecule has 0 amide bonds. The van der Waals surface area contributed by atoms with Crippen LogP contribution in [0.2, 0.25) is 0 Å². The molecule has 16 heavy (non-hydrogen) atoms. The Morgan fingerprint density at radius 3 is 1.81 bits per heavy atom. The highest BCUT2D eigenvalue weighted by Gasteiger charge is 2.33. The predicted octanol–water partition coefficient (Wildman–Crippen LogP) is -4.68. The van der Waals surface area contributed by atoms with Crippen LogP contribution in [0.5, 0.6) is 0 Å². The van der Waals surface area contributed by atoms with Gasteiger partial charge >= 0.3 is 0 Å². The van der Waals surface area contributed by atoms with Crippen molar-refractivity contribution >= 4 is 0 Å². The number of rotatable bonds is 8. The van der Waals surface area contributed by atoms with Crippen LogP contribution in [0.25, 0.3) is 0 Å². The summed E-state index contributed by atoms with van der Waals surface area (Å²) in [6.45, 7) is -1.07. The fourth-order valence-corrected chi connectivity index (χ4v) is 1.06. The molecule has 0 saturated heterocycles. The van der Waals surface area contributed by atoms with E-state index in [0.29, 0.717) is 0 Å². The van der Waals surface area contributed by atoms with Gasteiger partial charge in [0.2, 0.25) is 0 Å². The van der Waals surface area contributed by atoms with Crippen molar-refractivity contribution in [1.29, 1.82) is 0 Å². The maximum Gasteiger partial charge on any atom is 0.133 e. The smallest absolute Gasteiger partial charge is 0.133 e. The molecule has 0 aromatic heterocycles. The summed E-state index contributed by atoms with van der Waals surface area (Å²) >= 11 is 0. The van der Waals surface area contributed by atoms with E-state index in [2.05, 4.69) is 5.32 Å². The molecule has 0 rings (SSSR count). The average molecular weight is 241 g/mol. The standard InChI is InChI=1S/C8H19NO7/c10-2-1-9-8(16)7(15)6(14)5(13)4(12)3-11/h4-16H,1-3H2/t4-,5+,6+,7+,8?/m0/s1. The van der Waals surface area contributed by atoms with Crippen molar-refractivity contribution < 1.29 is 35.7 Å². The van der Waals surface area contributed by atoms with Gasteiger partial charge in [0.05, 0.1) is 13.2 Å². The Kier molecular flexibility index (Phi) is 7.72. The highest BCUT2D eigenvalue weighted by Crippen LogP contribution is 2.07. The van der Waals surface area contributed by atoms with Gasteiger partial charge in [-0.25, -0.2) is 0 Å². The molecule has 0 bridgehead atoms. The van der Waals surface area contributed by atoms with E-state index in [1.807, 2.05) is 0 Å². The lowest BCUT2D eigenvalue weighted by Gasteiger charge is -2.28. The molecular weight excluding hydrogens is 222 g/mol. The van der Waals surface area contributed by atoms with Crippen LogP contribution in [-0.4, -0.2) is 86.1 Å². The number of aliphatic hydroxyl groups is 7. The van der Waals surface area contributed by atoms with E-state index in [9.17, 15) is 20.4 Å². The summed E-state index contributed by atoms with van der Waals surface area (Å²) in [6.07, 6.45) is -8.56. The molecule has 0 aliphatic rings. The molecule has 8 N–H and O–H groups in total. The van der Waals surface area contributed by atoms with Crippen molar-refractivity contribution in [3.63, 3.8) is 0 Å². The lowest BCUT2D eigenvalue weighted by molar-refractivity contribution is -0.145. The minimum absolute atomic E-state index is 0.0103. The monoisotopic (exact) mass is 241 g/mol. The fourth-order valence-electron chi connectivity index (χ4n) is 1.06. The van der Waals surface area contributed by atoms with E-state index in [1.165, 1.54) is 0 Å². The second-order valence-corrected chi connectivity index (χ2v) is 3.34. The zero-order valence-corrected chi connectivity index (χ0v) is 8.64. The second-order valence-electron chi connectivity index (χ2n) is 3.34. The number of nitrogens with one attached hydrogen (secondary N) is 1. The molecule has 8 heteroatoms. The number of hydrogen-bond donors (Lipinski definition) is 8. The molecule has 0 heterocycles. The van der Waals surface area contributed by atoms with Gasteiger partial charge in [-0.3, -0.25) is 5.32 Å². The first-order valence-corrected chi connectivity index (χ1v) is 4.81. The summed E-state index contributed by atoms with van der Waals surface area (Å²) in [5, 5.41) is 65.3. The van der Waals surface area contributed by atoms with Crippen LogP contribution in [0.4, 0.5) is 0 Å². The quantitative estimate of drug-likeness (QED) is 0.197. The van der Waals surface area contributed by atoms with Gasteiger partial charge in [0.15, 0.2) is 0 Å². The maximum atomic E-state index is 9.33. The molecule has 8 nitrogen and oxygen atoms in total. The van der Waals surface area contributed by atoms with Gasteiger partial charge < -0.3 is 35.7 Å². The van der Waals surface area contributed by atoms with Crippen molar-refractivity contribution in [2.75, 3.05) is 19.8 Å². The molecule has 1 unspecified atom stereocenters. The van der Waals surface area contributed by atoms with Crippen LogP contribution in [0, 0.1) is 0 Å². The molecule has 98 valence electrons. The Labute approximate surface area is 92.4 Å². The summed E-state index contributed by atoms with van der Waals surface area (Å²) in [5.74, 6) is 0. The van der Waals surface area contributed by atoms with E-state index in [0.717, 1.165) is 0 Å². The summed E-state index contributed by atoms with van der Waals surface area (Å²) in [7, 11) is 0. The van der Waals surface area contributed by atoms with Crippen LogP contribution in [0.3, 0.4) is 0 Å². The van der Waals surface area contributed by atoms with Crippen molar-refractivity contribution in [2.45, 2.75) is 30.6 Å². The minimum atomic E-state index is -1.83. The highest BCUT2D eigenvalue weighted by atomic mass is 16.4. The molecular formula is C8H19NO7. The van der Waals surface area contributed by atoms with Gasteiger partial charge in [0.25, 0.3) is 0 Å². The Balaban J connectivity index is 4.19. The molecule has 0 fully saturated rings. The topological polar surface area (TPSA) is 154 Å². The third-order valence-corrected chi connectivity index (χ3v) is 2.07. The molecule has 0 aliphatic heterocycles. The maximum absolute atomic E-state index is 9.33. The molecule has 5 atom stereocenters. The van der Waals surface area contributed by atoms with E-state index < -0.39 is 37.3 Å². The number of hydrogen-bond acceptors (Lipinski definition) is 8. The van der Waals surface area contributed by atoms with E-state index >= 15 is 0 Å². The summed E-state index contributed by atoms with van der Waals surface area (Å²) < 4.78 is 0. The molecule has 0 aromatic rings. The Morgan fingerprint density at radius 1 is 0.812 bits per heavy atom. The van der Waals surface area contributed by atoms with Gasteiger partial charge in [-0.2, -0.15) is 0 Å². The fraction of sp³-hybridized carbons (Fsp3) is 1.00. The van der Waals surface area contributed by atoms with E-state index in [4.69, 9.17) is 15.3 Å². The summed E-state index contributed by atoms with van der Waals surface area (Å²) in [4.78, 5) is 0. The van der Waals surface area contributed by atoms with Gasteiger partial charge in [-0.05, 0) is 0 Å². The Bertz CT molecular complexity index is 182. The van der Waals surface area contributed by atoms with Crippen LogP contribution in [-0.2, 0) is 0 Å². The Morgan fingerprint density at radius 2 is 1.38 bits per heavy atom. The van der Waals surface area contributed by atoms with E-state index in [1.54, 1.807) is 0 Å². The summed E-state index contributed by atoms with van der Waals surface area (Å²) in [5.41, 5.74) is 0. The van der Waals surface area contributed by atoms with Crippen LogP contribution in [0.15, 0.2) is 0 Å². The van der Waals surface area contributed by atoms with Crippen LogP contribution in [0.1, 0.15) is 0 Å². The van der Waals surface area contributed by atoms with Gasteiger partial charge in [0, 0.05) is 6.54 Å². The average Bonchev–Trinajstić information content (AvgIpc) is 2.31. The van der Waals surface area contributed by atoms with Crippen molar-refractivity contribution in [3.05, 3.63) is 0 Å². The zero-order chi connectivity index (χ0) is 12.7.